The molecular weight excluding hydrogens is 781 g/mol. The highest BCUT2D eigenvalue weighted by Crippen LogP contribution is 2.65. The van der Waals surface area contributed by atoms with Crippen molar-refractivity contribution in [3.63, 3.8) is 0 Å². The minimum atomic E-state index is -0.849. The average Bonchev–Trinajstić information content (AvgIpc) is 3.26. The molecule has 0 saturated heterocycles. The standard InChI is InChI=1S/C57H88O6/c1-11-43-37(6)18-22-45-44(43)15-12-16-46(45)51(58)61-33-42(63-53(60)57(10)29-14-28-55(8)47-23-19-38(35(2)3)31-40(47)20-25-50(55)57)34-62-52(59)56(9)27-13-17-48-49(56)24-21-41-32-39(36(4)5)26-30-54(41,48)7/h31-32,35-36,38-39,42-50H,6,11-30,33-34H2,1-5,7-10H3. The van der Waals surface area contributed by atoms with E-state index in [9.17, 15) is 14.4 Å². The number of esters is 3. The fraction of sp³-hybridized carbons (Fsp3) is 0.842. The van der Waals surface area contributed by atoms with Crippen molar-refractivity contribution in [2.24, 2.45) is 92.7 Å². The van der Waals surface area contributed by atoms with Crippen LogP contribution in [0.3, 0.4) is 0 Å². The van der Waals surface area contributed by atoms with Gasteiger partial charge in [-0.15, -0.1) is 0 Å². The Labute approximate surface area is 383 Å². The molecule has 6 heteroatoms. The van der Waals surface area contributed by atoms with Gasteiger partial charge in [-0.1, -0.05) is 103 Å². The highest BCUT2D eigenvalue weighted by molar-refractivity contribution is 5.79. The van der Waals surface area contributed by atoms with Crippen molar-refractivity contribution in [1.29, 1.82) is 0 Å². The molecule has 0 N–H and O–H groups in total. The molecule has 0 amide bonds. The topological polar surface area (TPSA) is 78.9 Å². The van der Waals surface area contributed by atoms with Crippen molar-refractivity contribution < 1.29 is 28.6 Å². The summed E-state index contributed by atoms with van der Waals surface area (Å²) in [5, 5.41) is 0. The van der Waals surface area contributed by atoms with Gasteiger partial charge in [-0.25, -0.2) is 0 Å². The SMILES string of the molecule is C=C1CCC2C(C(=O)OCC(COC(=O)C3(C)CCCC4C3CCC3=CC(C(C)C)CCC34C)OC(=O)C3(C)CCCC4(C)C5CCC(C(C)C)C=C5CCC34)CCCC2C1CC. The predicted molar refractivity (Wildman–Crippen MR) is 252 cm³/mol. The Hall–Kier alpha value is -2.37. The van der Waals surface area contributed by atoms with Gasteiger partial charge in [-0.05, 0) is 199 Å². The van der Waals surface area contributed by atoms with E-state index >= 15 is 0 Å². The molecule has 0 bridgehead atoms. The lowest BCUT2D eigenvalue weighted by Gasteiger charge is -2.59. The average molecular weight is 869 g/mol. The molecule has 6 saturated carbocycles. The molecule has 0 spiro atoms. The van der Waals surface area contributed by atoms with Crippen LogP contribution in [0.5, 0.6) is 0 Å². The van der Waals surface area contributed by atoms with Gasteiger partial charge in [0.05, 0.1) is 16.7 Å². The number of fused-ring (bicyclic) bond motifs is 7. The Morgan fingerprint density at radius 2 is 1.41 bits per heavy atom. The van der Waals surface area contributed by atoms with Gasteiger partial charge in [0.15, 0.2) is 6.10 Å². The van der Waals surface area contributed by atoms with Crippen LogP contribution in [0.25, 0.3) is 0 Å². The van der Waals surface area contributed by atoms with E-state index in [2.05, 4.69) is 81.0 Å². The van der Waals surface area contributed by atoms with Crippen LogP contribution in [0.15, 0.2) is 35.5 Å². The molecule has 8 rings (SSSR count). The number of hydrogen-bond donors (Lipinski definition) is 0. The van der Waals surface area contributed by atoms with E-state index in [1.165, 1.54) is 31.3 Å². The minimum absolute atomic E-state index is 0.0392. The molecule has 8 aliphatic carbocycles. The monoisotopic (exact) mass is 869 g/mol. The Morgan fingerprint density at radius 1 is 0.683 bits per heavy atom. The third-order valence-electron chi connectivity index (χ3n) is 20.8. The second-order valence-corrected chi connectivity index (χ2v) is 24.6. The van der Waals surface area contributed by atoms with Crippen molar-refractivity contribution in [3.8, 4) is 0 Å². The first-order chi connectivity index (χ1) is 29.9. The maximum Gasteiger partial charge on any atom is 0.312 e. The second-order valence-electron chi connectivity index (χ2n) is 24.6. The molecule has 0 heterocycles. The van der Waals surface area contributed by atoms with Crippen LogP contribution in [0.2, 0.25) is 0 Å². The summed E-state index contributed by atoms with van der Waals surface area (Å²) in [5.41, 5.74) is 3.52. The maximum atomic E-state index is 15.0. The summed E-state index contributed by atoms with van der Waals surface area (Å²) in [6.07, 6.45) is 25.3. The fourth-order valence-electron chi connectivity index (χ4n) is 16.9. The fourth-order valence-corrected chi connectivity index (χ4v) is 16.9. The number of ether oxygens (including phenoxy) is 3. The zero-order valence-electron chi connectivity index (χ0n) is 41.4. The Kier molecular flexibility index (Phi) is 13.7. The molecule has 15 atom stereocenters. The number of carbonyl (C=O) groups is 3. The van der Waals surface area contributed by atoms with Crippen molar-refractivity contribution >= 4 is 17.9 Å². The minimum Gasteiger partial charge on any atom is -0.461 e. The molecule has 0 radical (unpaired) electrons. The number of allylic oxidation sites excluding steroid dienone is 5. The third-order valence-corrected chi connectivity index (χ3v) is 20.8. The lowest BCUT2D eigenvalue weighted by atomic mass is 9.45. The highest BCUT2D eigenvalue weighted by Gasteiger charge is 2.60. The van der Waals surface area contributed by atoms with Crippen LogP contribution in [-0.4, -0.2) is 37.2 Å². The smallest absolute Gasteiger partial charge is 0.312 e. The van der Waals surface area contributed by atoms with Gasteiger partial charge in [0.2, 0.25) is 0 Å². The molecule has 0 aromatic heterocycles. The predicted octanol–water partition coefficient (Wildman–Crippen LogP) is 13.8. The van der Waals surface area contributed by atoms with Crippen molar-refractivity contribution in [1.82, 2.24) is 0 Å². The van der Waals surface area contributed by atoms with Gasteiger partial charge >= 0.3 is 17.9 Å². The van der Waals surface area contributed by atoms with E-state index in [-0.39, 0.29) is 59.7 Å². The summed E-state index contributed by atoms with van der Waals surface area (Å²) in [6, 6.07) is 0. The van der Waals surface area contributed by atoms with Crippen LogP contribution in [0.1, 0.15) is 191 Å². The van der Waals surface area contributed by atoms with E-state index in [4.69, 9.17) is 14.2 Å². The van der Waals surface area contributed by atoms with E-state index in [0.29, 0.717) is 53.3 Å². The zero-order valence-corrected chi connectivity index (χ0v) is 41.4. The molecule has 6 nitrogen and oxygen atoms in total. The summed E-state index contributed by atoms with van der Waals surface area (Å²) in [4.78, 5) is 43.9. The molecule has 6 fully saturated rings. The van der Waals surface area contributed by atoms with Crippen LogP contribution >= 0.6 is 0 Å². The molecule has 15 unspecified atom stereocenters. The molecular formula is C57H88O6. The van der Waals surface area contributed by atoms with Gasteiger partial charge in [-0.3, -0.25) is 14.4 Å². The second kappa shape index (κ2) is 18.4. The van der Waals surface area contributed by atoms with E-state index in [1.54, 1.807) is 11.1 Å². The van der Waals surface area contributed by atoms with Crippen LogP contribution in [-0.2, 0) is 28.6 Å². The van der Waals surface area contributed by atoms with Gasteiger partial charge in [0.25, 0.3) is 0 Å². The van der Waals surface area contributed by atoms with Gasteiger partial charge in [-0.2, -0.15) is 0 Å². The van der Waals surface area contributed by atoms with Crippen LogP contribution in [0, 0.1) is 92.7 Å². The molecule has 0 aromatic carbocycles. The lowest BCUT2D eigenvalue weighted by molar-refractivity contribution is -0.190. The number of carbonyl (C=O) groups excluding carboxylic acids is 3. The van der Waals surface area contributed by atoms with E-state index in [0.717, 1.165) is 103 Å². The van der Waals surface area contributed by atoms with Crippen molar-refractivity contribution in [3.05, 3.63) is 35.5 Å². The maximum absolute atomic E-state index is 15.0. The van der Waals surface area contributed by atoms with Crippen LogP contribution in [0.4, 0.5) is 0 Å². The number of hydrogen-bond acceptors (Lipinski definition) is 6. The summed E-state index contributed by atoms with van der Waals surface area (Å²) in [5.74, 6) is 4.59. The highest BCUT2D eigenvalue weighted by atomic mass is 16.6. The largest absolute Gasteiger partial charge is 0.461 e. The van der Waals surface area contributed by atoms with Crippen LogP contribution < -0.4 is 0 Å². The van der Waals surface area contributed by atoms with Gasteiger partial charge in [0, 0.05) is 0 Å². The first kappa shape index (κ1) is 47.1. The molecule has 352 valence electrons. The van der Waals surface area contributed by atoms with Crippen molar-refractivity contribution in [2.75, 3.05) is 13.2 Å². The summed E-state index contributed by atoms with van der Waals surface area (Å²) >= 11 is 0. The number of rotatable bonds is 11. The quantitative estimate of drug-likeness (QED) is 0.117. The Morgan fingerprint density at radius 3 is 2.16 bits per heavy atom. The summed E-state index contributed by atoms with van der Waals surface area (Å²) in [6.45, 7) is 25.2. The third kappa shape index (κ3) is 8.50. The normalized spacial score (nSPS) is 42.9. The Balaban J connectivity index is 1.000. The zero-order chi connectivity index (χ0) is 45.1. The first-order valence-corrected chi connectivity index (χ1v) is 26.6. The lowest BCUT2D eigenvalue weighted by Crippen LogP contribution is -2.55. The Bertz CT molecular complexity index is 1790. The summed E-state index contributed by atoms with van der Waals surface area (Å²) in [7, 11) is 0. The van der Waals surface area contributed by atoms with E-state index < -0.39 is 16.9 Å². The molecule has 0 aromatic rings. The molecule has 63 heavy (non-hydrogen) atoms. The van der Waals surface area contributed by atoms with E-state index in [1.807, 2.05) is 0 Å². The first-order valence-electron chi connectivity index (χ1n) is 26.6. The van der Waals surface area contributed by atoms with Gasteiger partial charge < -0.3 is 14.2 Å². The van der Waals surface area contributed by atoms with Gasteiger partial charge in [0.1, 0.15) is 13.2 Å². The molecule has 8 aliphatic rings. The van der Waals surface area contributed by atoms with Crippen molar-refractivity contribution in [2.45, 2.75) is 197 Å². The molecule has 0 aliphatic heterocycles. The summed E-state index contributed by atoms with van der Waals surface area (Å²) < 4.78 is 19.3.